The highest BCUT2D eigenvalue weighted by Gasteiger charge is 2.25. The van der Waals surface area contributed by atoms with E-state index in [4.69, 9.17) is 0 Å². The molecule has 0 heterocycles. The Balaban J connectivity index is 3.41. The van der Waals surface area contributed by atoms with Crippen LogP contribution in [0.3, 0.4) is 0 Å². The fourth-order valence-corrected chi connectivity index (χ4v) is 1.06. The zero-order valence-electron chi connectivity index (χ0n) is 7.56. The molecule has 0 fully saturated rings. The summed E-state index contributed by atoms with van der Waals surface area (Å²) >= 11 is 0. The lowest BCUT2D eigenvalue weighted by molar-refractivity contribution is 0.0581. The number of hydrogen-bond donors (Lipinski definition) is 0. The van der Waals surface area contributed by atoms with Crippen LogP contribution in [0.4, 0.5) is 17.6 Å². The molecule has 15 heavy (non-hydrogen) atoms. The average Bonchev–Trinajstić information content (AvgIpc) is 2.20. The third kappa shape index (κ3) is 2.08. The summed E-state index contributed by atoms with van der Waals surface area (Å²) in [4.78, 5) is 10.9. The molecule has 0 bridgehead atoms. The molecule has 2 nitrogen and oxygen atoms in total. The van der Waals surface area contributed by atoms with Gasteiger partial charge in [-0.3, -0.25) is 0 Å². The number of methoxy groups -OCH3 is 1. The lowest BCUT2D eigenvalue weighted by atomic mass is 10.1. The third-order valence-corrected chi connectivity index (χ3v) is 1.75. The smallest absolute Gasteiger partial charge is 0.341 e. The van der Waals surface area contributed by atoms with Gasteiger partial charge in [0.2, 0.25) is 0 Å². The Labute approximate surface area is 82.5 Å². The van der Waals surface area contributed by atoms with E-state index < -0.39 is 35.2 Å². The quantitative estimate of drug-likeness (QED) is 0.568. The molecule has 1 aromatic carbocycles. The van der Waals surface area contributed by atoms with Gasteiger partial charge in [0.25, 0.3) is 6.43 Å². The molecule has 0 saturated carbocycles. The van der Waals surface area contributed by atoms with Gasteiger partial charge in [0.1, 0.15) is 5.56 Å². The summed E-state index contributed by atoms with van der Waals surface area (Å²) in [6.07, 6.45) is -3.07. The predicted molar refractivity (Wildman–Crippen MR) is 42.7 cm³/mol. The Morgan fingerprint density at radius 2 is 1.93 bits per heavy atom. The van der Waals surface area contributed by atoms with Crippen LogP contribution in [-0.4, -0.2) is 13.1 Å². The minimum absolute atomic E-state index is 0.531. The molecule has 0 unspecified atom stereocenters. The molecule has 0 aromatic heterocycles. The van der Waals surface area contributed by atoms with Crippen molar-refractivity contribution in [1.82, 2.24) is 0 Å². The second kappa shape index (κ2) is 4.29. The van der Waals surface area contributed by atoms with Gasteiger partial charge in [-0.15, -0.1) is 0 Å². The fraction of sp³-hybridized carbons (Fsp3) is 0.222. The Morgan fingerprint density at radius 1 is 1.33 bits per heavy atom. The molecule has 1 aromatic rings. The van der Waals surface area contributed by atoms with E-state index >= 15 is 0 Å². The SMILES string of the molecule is COC(=O)c1c(C(F)F)ccc(F)c1F. The molecular formula is C9H6F4O2. The number of carbonyl (C=O) groups excluding carboxylic acids is 1. The van der Waals surface area contributed by atoms with Crippen LogP contribution in [0.5, 0.6) is 0 Å². The second-order valence-electron chi connectivity index (χ2n) is 2.62. The Bertz CT molecular complexity index is 390. The van der Waals surface area contributed by atoms with E-state index in [1.54, 1.807) is 0 Å². The summed E-state index contributed by atoms with van der Waals surface area (Å²) in [6.45, 7) is 0. The van der Waals surface area contributed by atoms with Gasteiger partial charge in [0.15, 0.2) is 11.6 Å². The van der Waals surface area contributed by atoms with Gasteiger partial charge in [0, 0.05) is 5.56 Å². The topological polar surface area (TPSA) is 26.3 Å². The third-order valence-electron chi connectivity index (χ3n) is 1.75. The van der Waals surface area contributed by atoms with Crippen LogP contribution in [0.1, 0.15) is 22.3 Å². The maximum absolute atomic E-state index is 13.1. The first kappa shape index (κ1) is 11.5. The summed E-state index contributed by atoms with van der Waals surface area (Å²) in [5.74, 6) is -4.33. The monoisotopic (exact) mass is 222 g/mol. The van der Waals surface area contributed by atoms with Crippen LogP contribution in [0.15, 0.2) is 12.1 Å². The molecule has 0 aliphatic rings. The van der Waals surface area contributed by atoms with E-state index in [9.17, 15) is 22.4 Å². The van der Waals surface area contributed by atoms with Crippen molar-refractivity contribution in [2.24, 2.45) is 0 Å². The van der Waals surface area contributed by atoms with Gasteiger partial charge in [-0.25, -0.2) is 22.4 Å². The molecule has 6 heteroatoms. The molecule has 0 atom stereocenters. The van der Waals surface area contributed by atoms with Crippen LogP contribution >= 0.6 is 0 Å². The number of carbonyl (C=O) groups is 1. The van der Waals surface area contributed by atoms with E-state index in [1.165, 1.54) is 0 Å². The molecule has 0 spiro atoms. The molecule has 0 N–H and O–H groups in total. The van der Waals surface area contributed by atoms with E-state index in [0.29, 0.717) is 12.1 Å². The van der Waals surface area contributed by atoms with Gasteiger partial charge in [-0.2, -0.15) is 0 Å². The van der Waals surface area contributed by atoms with Gasteiger partial charge in [0.05, 0.1) is 7.11 Å². The average molecular weight is 222 g/mol. The van der Waals surface area contributed by atoms with Crippen molar-refractivity contribution in [2.45, 2.75) is 6.43 Å². The van der Waals surface area contributed by atoms with Crippen molar-refractivity contribution in [1.29, 1.82) is 0 Å². The summed E-state index contributed by atoms with van der Waals surface area (Å²) in [5, 5.41) is 0. The number of benzene rings is 1. The van der Waals surface area contributed by atoms with Crippen molar-refractivity contribution < 1.29 is 27.1 Å². The van der Waals surface area contributed by atoms with Gasteiger partial charge >= 0.3 is 5.97 Å². The molecule has 0 amide bonds. The van der Waals surface area contributed by atoms with Crippen LogP contribution in [0, 0.1) is 11.6 Å². The lowest BCUT2D eigenvalue weighted by Crippen LogP contribution is -2.10. The number of rotatable bonds is 2. The van der Waals surface area contributed by atoms with E-state index in [2.05, 4.69) is 4.74 Å². The van der Waals surface area contributed by atoms with E-state index in [-0.39, 0.29) is 0 Å². The lowest BCUT2D eigenvalue weighted by Gasteiger charge is -2.08. The Kier molecular flexibility index (Phi) is 3.28. The van der Waals surface area contributed by atoms with E-state index in [0.717, 1.165) is 7.11 Å². The molecular weight excluding hydrogens is 216 g/mol. The number of ether oxygens (including phenoxy) is 1. The number of hydrogen-bond acceptors (Lipinski definition) is 2. The van der Waals surface area contributed by atoms with Gasteiger partial charge in [-0.05, 0) is 12.1 Å². The molecule has 0 aliphatic heterocycles. The molecule has 82 valence electrons. The standard InChI is InChI=1S/C9H6F4O2/c1-15-9(14)6-4(8(12)13)2-3-5(10)7(6)11/h2-3,8H,1H3. The first-order valence-electron chi connectivity index (χ1n) is 3.83. The fourth-order valence-electron chi connectivity index (χ4n) is 1.06. The van der Waals surface area contributed by atoms with E-state index in [1.807, 2.05) is 0 Å². The normalized spacial score (nSPS) is 10.5. The van der Waals surface area contributed by atoms with Crippen molar-refractivity contribution in [3.8, 4) is 0 Å². The largest absolute Gasteiger partial charge is 0.465 e. The Hall–Kier alpha value is -1.59. The summed E-state index contributed by atoms with van der Waals surface area (Å²) in [6, 6.07) is 1.18. The molecule has 0 saturated heterocycles. The minimum Gasteiger partial charge on any atom is -0.465 e. The summed E-state index contributed by atoms with van der Waals surface area (Å²) in [7, 11) is 0.891. The van der Waals surface area contributed by atoms with Crippen LogP contribution < -0.4 is 0 Å². The van der Waals surface area contributed by atoms with Crippen LogP contribution in [0.2, 0.25) is 0 Å². The Morgan fingerprint density at radius 3 is 2.40 bits per heavy atom. The van der Waals surface area contributed by atoms with Gasteiger partial charge < -0.3 is 4.74 Å². The maximum Gasteiger partial charge on any atom is 0.341 e. The van der Waals surface area contributed by atoms with Crippen LogP contribution in [-0.2, 0) is 4.74 Å². The number of halogens is 4. The summed E-state index contributed by atoms with van der Waals surface area (Å²) in [5.41, 5.74) is -1.95. The zero-order chi connectivity index (χ0) is 11.6. The van der Waals surface area contributed by atoms with Crippen LogP contribution in [0.25, 0.3) is 0 Å². The second-order valence-corrected chi connectivity index (χ2v) is 2.62. The predicted octanol–water partition coefficient (Wildman–Crippen LogP) is 2.69. The maximum atomic E-state index is 13.1. The number of alkyl halides is 2. The molecule has 1 rings (SSSR count). The van der Waals surface area contributed by atoms with Crippen molar-refractivity contribution >= 4 is 5.97 Å². The highest BCUT2D eigenvalue weighted by Crippen LogP contribution is 2.26. The number of esters is 1. The highest BCUT2D eigenvalue weighted by atomic mass is 19.3. The summed E-state index contributed by atoms with van der Waals surface area (Å²) < 4.78 is 54.5. The first-order chi connectivity index (χ1) is 6.99. The minimum atomic E-state index is -3.07. The van der Waals surface area contributed by atoms with Gasteiger partial charge in [-0.1, -0.05) is 0 Å². The first-order valence-corrected chi connectivity index (χ1v) is 3.83. The molecule has 0 aliphatic carbocycles. The highest BCUT2D eigenvalue weighted by molar-refractivity contribution is 5.91. The van der Waals surface area contributed by atoms with Crippen molar-refractivity contribution in [3.63, 3.8) is 0 Å². The van der Waals surface area contributed by atoms with Crippen molar-refractivity contribution in [2.75, 3.05) is 7.11 Å². The molecule has 0 radical (unpaired) electrons. The zero-order valence-corrected chi connectivity index (χ0v) is 7.56. The van der Waals surface area contributed by atoms with Crippen molar-refractivity contribution in [3.05, 3.63) is 34.9 Å².